The molecule has 1 fully saturated rings. The van der Waals surface area contributed by atoms with Crippen molar-refractivity contribution in [1.29, 1.82) is 0 Å². The molecule has 36 heavy (non-hydrogen) atoms. The third kappa shape index (κ3) is 4.47. The van der Waals surface area contributed by atoms with Crippen molar-refractivity contribution in [2.45, 2.75) is 9.92 Å². The number of amides is 1. The number of para-hydroxylation sites is 1. The van der Waals surface area contributed by atoms with E-state index in [0.717, 1.165) is 12.1 Å². The Morgan fingerprint density at radius 2 is 1.75 bits per heavy atom. The molecular weight excluding hydrogens is 505 g/mol. The Kier molecular flexibility index (Phi) is 6.50. The largest absolute Gasteiger partial charge is 0.496 e. The van der Waals surface area contributed by atoms with Gasteiger partial charge >= 0.3 is 0 Å². The predicted octanol–water partition coefficient (Wildman–Crippen LogP) is 4.35. The number of rotatable bonds is 6. The molecule has 1 saturated heterocycles. The average Bonchev–Trinajstić information content (AvgIpc) is 3.59. The summed E-state index contributed by atoms with van der Waals surface area (Å²) in [7, 11) is -2.58. The van der Waals surface area contributed by atoms with Gasteiger partial charge in [-0.1, -0.05) is 18.2 Å². The second kappa shape index (κ2) is 9.75. The predicted molar refractivity (Wildman–Crippen MR) is 133 cm³/mol. The Morgan fingerprint density at radius 3 is 2.42 bits per heavy atom. The van der Waals surface area contributed by atoms with Crippen LogP contribution in [-0.2, 0) is 9.84 Å². The molecule has 8 nitrogen and oxygen atoms in total. The minimum absolute atomic E-state index is 0.0823. The number of carbonyl (C=O) groups is 1. The van der Waals surface area contributed by atoms with Crippen LogP contribution in [0.1, 0.15) is 10.4 Å². The molecule has 11 heteroatoms. The number of ether oxygens (including phenoxy) is 1. The first-order valence-electron chi connectivity index (χ1n) is 11.1. The first kappa shape index (κ1) is 24.0. The maximum Gasteiger partial charge on any atom is 0.257 e. The summed E-state index contributed by atoms with van der Waals surface area (Å²) in [6, 6.07) is 15.2. The van der Waals surface area contributed by atoms with Gasteiger partial charge in [0.1, 0.15) is 11.6 Å². The smallest absolute Gasteiger partial charge is 0.257 e. The zero-order valence-corrected chi connectivity index (χ0v) is 20.9. The number of nitrogens with zero attached hydrogens (tertiary/aromatic N) is 3. The third-order valence-electron chi connectivity index (χ3n) is 5.88. The van der Waals surface area contributed by atoms with Crippen LogP contribution in [0.25, 0.3) is 10.8 Å². The Hall–Kier alpha value is -3.70. The molecule has 1 amide bonds. The lowest BCUT2D eigenvalue weighted by atomic mass is 10.1. The molecule has 1 aliphatic heterocycles. The first-order valence-corrected chi connectivity index (χ1v) is 13.5. The molecule has 0 spiro atoms. The zero-order valence-electron chi connectivity index (χ0n) is 19.3. The van der Waals surface area contributed by atoms with Gasteiger partial charge in [0.15, 0.2) is 0 Å². The summed E-state index contributed by atoms with van der Waals surface area (Å²) in [6.45, 7) is 1.38. The van der Waals surface area contributed by atoms with Gasteiger partial charge in [0.2, 0.25) is 26.6 Å². The van der Waals surface area contributed by atoms with E-state index in [1.165, 1.54) is 30.6 Å². The highest BCUT2D eigenvalue weighted by atomic mass is 32.2. The van der Waals surface area contributed by atoms with Crippen molar-refractivity contribution in [2.75, 3.05) is 38.2 Å². The number of hydrogen-bond acceptors (Lipinski definition) is 8. The van der Waals surface area contributed by atoms with Crippen molar-refractivity contribution in [3.63, 3.8) is 0 Å². The van der Waals surface area contributed by atoms with Crippen molar-refractivity contribution < 1.29 is 26.8 Å². The van der Waals surface area contributed by atoms with Crippen LogP contribution in [0.15, 0.2) is 80.4 Å². The van der Waals surface area contributed by atoms with Gasteiger partial charge in [-0.3, -0.25) is 4.79 Å². The summed E-state index contributed by atoms with van der Waals surface area (Å²) in [5.41, 5.74) is 0.465. The normalized spacial score (nSPS) is 14.2. The maximum atomic E-state index is 13.5. The number of halogens is 1. The highest BCUT2D eigenvalue weighted by molar-refractivity contribution is 7.91. The number of aromatic nitrogens is 1. The number of carbonyl (C=O) groups excluding carboxylic acids is 1. The Morgan fingerprint density at radius 1 is 1.03 bits per heavy atom. The molecule has 0 radical (unpaired) electrons. The van der Waals surface area contributed by atoms with E-state index in [-0.39, 0.29) is 27.6 Å². The molecule has 0 atom stereocenters. The van der Waals surface area contributed by atoms with Crippen LogP contribution in [0.2, 0.25) is 0 Å². The van der Waals surface area contributed by atoms with Crippen LogP contribution in [0.3, 0.4) is 0 Å². The van der Waals surface area contributed by atoms with Crippen molar-refractivity contribution in [3.8, 4) is 16.5 Å². The molecule has 186 valence electrons. The first-order chi connectivity index (χ1) is 17.4. The van der Waals surface area contributed by atoms with Crippen LogP contribution < -0.4 is 9.64 Å². The highest BCUT2D eigenvalue weighted by Crippen LogP contribution is 2.36. The van der Waals surface area contributed by atoms with E-state index in [9.17, 15) is 17.6 Å². The van der Waals surface area contributed by atoms with Crippen LogP contribution in [0, 0.1) is 5.82 Å². The standard InChI is InChI=1S/C25H22FN3O5S2/c1-33-20-6-3-2-5-19(20)24(30)28-12-14-29(15-13-28)25-23(27-22(34-25)21-7-4-16-35-21)36(31,32)18-10-8-17(26)9-11-18/h2-11,16H,12-15H2,1H3. The van der Waals surface area contributed by atoms with Gasteiger partial charge in [-0.05, 0) is 47.8 Å². The lowest BCUT2D eigenvalue weighted by Gasteiger charge is -2.34. The molecule has 0 saturated carbocycles. The molecule has 5 rings (SSSR count). The van der Waals surface area contributed by atoms with E-state index in [0.29, 0.717) is 42.4 Å². The summed E-state index contributed by atoms with van der Waals surface area (Å²) in [5.74, 6) is 0.0845. The maximum absolute atomic E-state index is 13.5. The average molecular weight is 528 g/mol. The van der Waals surface area contributed by atoms with Crippen molar-refractivity contribution >= 4 is 33.0 Å². The molecule has 0 unspecified atom stereocenters. The minimum Gasteiger partial charge on any atom is -0.496 e. The number of sulfone groups is 1. The van der Waals surface area contributed by atoms with Crippen LogP contribution in [-0.4, -0.2) is 57.5 Å². The van der Waals surface area contributed by atoms with E-state index in [1.54, 1.807) is 40.1 Å². The molecule has 2 aromatic carbocycles. The summed E-state index contributed by atoms with van der Waals surface area (Å²) in [4.78, 5) is 21.5. The topological polar surface area (TPSA) is 92.9 Å². The quantitative estimate of drug-likeness (QED) is 0.344. The number of hydrogen-bond donors (Lipinski definition) is 0. The number of benzene rings is 2. The fraction of sp³-hybridized carbons (Fsp3) is 0.200. The Bertz CT molecular complexity index is 1480. The van der Waals surface area contributed by atoms with E-state index in [1.807, 2.05) is 11.4 Å². The summed E-state index contributed by atoms with van der Waals surface area (Å²) < 4.78 is 51.7. The Labute approximate surface area is 211 Å². The third-order valence-corrected chi connectivity index (χ3v) is 8.41. The lowest BCUT2D eigenvalue weighted by Crippen LogP contribution is -2.49. The van der Waals surface area contributed by atoms with E-state index in [4.69, 9.17) is 9.15 Å². The molecule has 0 N–H and O–H groups in total. The fourth-order valence-electron chi connectivity index (χ4n) is 4.01. The van der Waals surface area contributed by atoms with Gasteiger partial charge in [-0.25, -0.2) is 12.8 Å². The highest BCUT2D eigenvalue weighted by Gasteiger charge is 2.34. The van der Waals surface area contributed by atoms with Gasteiger partial charge in [0.05, 0.1) is 22.4 Å². The van der Waals surface area contributed by atoms with Crippen molar-refractivity contribution in [3.05, 3.63) is 77.4 Å². The summed E-state index contributed by atoms with van der Waals surface area (Å²) in [5, 5.41) is 1.61. The lowest BCUT2D eigenvalue weighted by molar-refractivity contribution is 0.0741. The number of methoxy groups -OCH3 is 1. The number of anilines is 1. The Balaban J connectivity index is 1.44. The second-order valence-corrected chi connectivity index (χ2v) is 10.9. The van der Waals surface area contributed by atoms with Gasteiger partial charge in [-0.15, -0.1) is 11.3 Å². The molecule has 3 heterocycles. The monoisotopic (exact) mass is 527 g/mol. The molecule has 1 aliphatic rings. The van der Waals surface area contributed by atoms with Crippen LogP contribution >= 0.6 is 11.3 Å². The van der Waals surface area contributed by atoms with Crippen molar-refractivity contribution in [1.82, 2.24) is 9.88 Å². The van der Waals surface area contributed by atoms with Crippen LogP contribution in [0.5, 0.6) is 5.75 Å². The van der Waals surface area contributed by atoms with Crippen molar-refractivity contribution in [2.24, 2.45) is 0 Å². The number of thiophene rings is 1. The second-order valence-electron chi connectivity index (χ2n) is 8.04. The molecular formula is C25H22FN3O5S2. The molecule has 2 aromatic heterocycles. The van der Waals surface area contributed by atoms with Gasteiger partial charge in [0.25, 0.3) is 5.91 Å². The van der Waals surface area contributed by atoms with E-state index in [2.05, 4.69) is 4.98 Å². The summed E-state index contributed by atoms with van der Waals surface area (Å²) >= 11 is 1.37. The zero-order chi connectivity index (χ0) is 25.3. The van der Waals surface area contributed by atoms with Crippen LogP contribution in [0.4, 0.5) is 10.3 Å². The van der Waals surface area contributed by atoms with Gasteiger partial charge in [0, 0.05) is 26.2 Å². The van der Waals surface area contributed by atoms with E-state index < -0.39 is 15.7 Å². The number of oxazole rings is 1. The van der Waals surface area contributed by atoms with Gasteiger partial charge < -0.3 is 19.0 Å². The molecule has 0 bridgehead atoms. The number of piperazine rings is 1. The minimum atomic E-state index is -4.09. The SMILES string of the molecule is COc1ccccc1C(=O)N1CCN(c2oc(-c3cccs3)nc2S(=O)(=O)c2ccc(F)cc2)CC1. The van der Waals surface area contributed by atoms with Gasteiger partial charge in [-0.2, -0.15) is 4.98 Å². The van der Waals surface area contributed by atoms with E-state index >= 15 is 0 Å². The molecule has 0 aliphatic carbocycles. The molecule has 4 aromatic rings. The summed E-state index contributed by atoms with van der Waals surface area (Å²) in [6.07, 6.45) is 0. The fourth-order valence-corrected chi connectivity index (χ4v) is 5.98.